The van der Waals surface area contributed by atoms with E-state index in [-0.39, 0.29) is 12.2 Å². The van der Waals surface area contributed by atoms with E-state index in [9.17, 15) is 4.79 Å². The van der Waals surface area contributed by atoms with Crippen LogP contribution in [0.15, 0.2) is 36.7 Å². The molecule has 0 amide bonds. The normalized spacial score (nSPS) is 10.2. The summed E-state index contributed by atoms with van der Waals surface area (Å²) in [4.78, 5) is 19.9. The fraction of sp³-hybridized carbons (Fsp3) is 0.0833. The summed E-state index contributed by atoms with van der Waals surface area (Å²) in [5.74, 6) is 0.401. The summed E-state index contributed by atoms with van der Waals surface area (Å²) < 4.78 is 0. The van der Waals surface area contributed by atoms with Gasteiger partial charge in [0.25, 0.3) is 0 Å². The maximum Gasteiger partial charge on any atom is 0.170 e. The highest BCUT2D eigenvalue weighted by molar-refractivity contribution is 6.42. The minimum absolute atomic E-state index is 0.0882. The molecule has 0 aliphatic heterocycles. The predicted molar refractivity (Wildman–Crippen MR) is 66.5 cm³/mol. The molecule has 86 valence electrons. The van der Waals surface area contributed by atoms with E-state index < -0.39 is 0 Å². The number of carbonyl (C=O) groups excluding carboxylic acids is 1. The third kappa shape index (κ3) is 3.02. The highest BCUT2D eigenvalue weighted by Crippen LogP contribution is 2.23. The summed E-state index contributed by atoms with van der Waals surface area (Å²) in [5.41, 5.74) is 0.506. The first-order chi connectivity index (χ1) is 8.16. The number of rotatable bonds is 3. The van der Waals surface area contributed by atoms with Crippen molar-refractivity contribution in [2.24, 2.45) is 0 Å². The molecule has 2 rings (SSSR count). The molecular formula is C12H8Cl2N2O. The quantitative estimate of drug-likeness (QED) is 0.802. The van der Waals surface area contributed by atoms with E-state index in [2.05, 4.69) is 9.97 Å². The van der Waals surface area contributed by atoms with E-state index in [0.29, 0.717) is 21.4 Å². The molecule has 0 spiro atoms. The van der Waals surface area contributed by atoms with Crippen molar-refractivity contribution in [3.8, 4) is 0 Å². The van der Waals surface area contributed by atoms with Gasteiger partial charge in [-0.2, -0.15) is 0 Å². The van der Waals surface area contributed by atoms with Gasteiger partial charge in [-0.25, -0.2) is 9.97 Å². The molecule has 3 nitrogen and oxygen atoms in total. The first-order valence-corrected chi connectivity index (χ1v) is 5.66. The van der Waals surface area contributed by atoms with Crippen molar-refractivity contribution in [2.45, 2.75) is 6.42 Å². The number of nitrogens with zero attached hydrogens (tertiary/aromatic N) is 2. The number of ketones is 1. The Morgan fingerprint density at radius 1 is 1.12 bits per heavy atom. The highest BCUT2D eigenvalue weighted by Gasteiger charge is 2.10. The highest BCUT2D eigenvalue weighted by atomic mass is 35.5. The molecule has 0 unspecified atom stereocenters. The third-order valence-corrected chi connectivity index (χ3v) is 2.92. The molecule has 0 fully saturated rings. The van der Waals surface area contributed by atoms with Crippen LogP contribution in [0.2, 0.25) is 10.0 Å². The Bertz CT molecular complexity index is 543. The zero-order valence-electron chi connectivity index (χ0n) is 8.73. The van der Waals surface area contributed by atoms with Crippen molar-refractivity contribution in [3.63, 3.8) is 0 Å². The summed E-state index contributed by atoms with van der Waals surface area (Å²) >= 11 is 11.6. The molecule has 1 heterocycles. The van der Waals surface area contributed by atoms with Crippen molar-refractivity contribution < 1.29 is 4.79 Å². The second-order valence-electron chi connectivity index (χ2n) is 3.39. The Kier molecular flexibility index (Phi) is 3.71. The number of carbonyl (C=O) groups is 1. The van der Waals surface area contributed by atoms with E-state index >= 15 is 0 Å². The second-order valence-corrected chi connectivity index (χ2v) is 4.21. The van der Waals surface area contributed by atoms with Crippen molar-refractivity contribution in [1.29, 1.82) is 0 Å². The lowest BCUT2D eigenvalue weighted by Crippen LogP contribution is -2.06. The Hall–Kier alpha value is -1.45. The molecule has 0 atom stereocenters. The van der Waals surface area contributed by atoms with Gasteiger partial charge in [-0.1, -0.05) is 23.2 Å². The maximum absolute atomic E-state index is 11.9. The Morgan fingerprint density at radius 2 is 1.82 bits per heavy atom. The van der Waals surface area contributed by atoms with Gasteiger partial charge in [0, 0.05) is 18.0 Å². The molecule has 0 aliphatic carbocycles. The van der Waals surface area contributed by atoms with Crippen LogP contribution >= 0.6 is 23.2 Å². The molecule has 2 aromatic rings. The topological polar surface area (TPSA) is 42.9 Å². The first-order valence-electron chi connectivity index (χ1n) is 4.91. The molecular weight excluding hydrogens is 259 g/mol. The molecule has 1 aromatic heterocycles. The van der Waals surface area contributed by atoms with Gasteiger partial charge in [0.2, 0.25) is 0 Å². The van der Waals surface area contributed by atoms with Gasteiger partial charge >= 0.3 is 0 Å². The Labute approximate surface area is 108 Å². The first kappa shape index (κ1) is 12.0. The summed E-state index contributed by atoms with van der Waals surface area (Å²) in [6.45, 7) is 0. The molecule has 0 radical (unpaired) electrons. The van der Waals surface area contributed by atoms with Gasteiger partial charge in [-0.05, 0) is 24.3 Å². The molecule has 0 saturated heterocycles. The lowest BCUT2D eigenvalue weighted by molar-refractivity contribution is 0.0991. The summed E-state index contributed by atoms with van der Waals surface area (Å²) in [6, 6.07) is 6.49. The smallest absolute Gasteiger partial charge is 0.170 e. The number of hydrogen-bond acceptors (Lipinski definition) is 3. The average Bonchev–Trinajstić information content (AvgIpc) is 2.34. The fourth-order valence-corrected chi connectivity index (χ4v) is 1.63. The van der Waals surface area contributed by atoms with Gasteiger partial charge in [0.1, 0.15) is 5.82 Å². The molecule has 0 aliphatic rings. The SMILES string of the molecule is O=C(Cc1ncccn1)c1ccc(Cl)c(Cl)c1. The minimum atomic E-state index is -0.0882. The van der Waals surface area contributed by atoms with Crippen LogP contribution in [0.4, 0.5) is 0 Å². The van der Waals surface area contributed by atoms with Gasteiger partial charge in [-0.3, -0.25) is 4.79 Å². The van der Waals surface area contributed by atoms with E-state index in [1.165, 1.54) is 0 Å². The van der Waals surface area contributed by atoms with Gasteiger partial charge < -0.3 is 0 Å². The minimum Gasteiger partial charge on any atom is -0.294 e. The number of halogens is 2. The Morgan fingerprint density at radius 3 is 2.47 bits per heavy atom. The van der Waals surface area contributed by atoms with Crippen LogP contribution in [0.3, 0.4) is 0 Å². The van der Waals surface area contributed by atoms with E-state index in [1.807, 2.05) is 0 Å². The lowest BCUT2D eigenvalue weighted by Gasteiger charge is -2.02. The maximum atomic E-state index is 11.9. The summed E-state index contributed by atoms with van der Waals surface area (Å²) in [5, 5.41) is 0.797. The molecule has 5 heteroatoms. The van der Waals surface area contributed by atoms with Crippen LogP contribution in [0.5, 0.6) is 0 Å². The van der Waals surface area contributed by atoms with Crippen LogP contribution in [0.25, 0.3) is 0 Å². The van der Waals surface area contributed by atoms with E-state index in [1.54, 1.807) is 36.7 Å². The van der Waals surface area contributed by atoms with Gasteiger partial charge in [0.05, 0.1) is 16.5 Å². The number of Topliss-reactive ketones (excluding diaryl/α,β-unsaturated/α-hetero) is 1. The lowest BCUT2D eigenvalue weighted by atomic mass is 10.1. The van der Waals surface area contributed by atoms with Crippen molar-refractivity contribution >= 4 is 29.0 Å². The van der Waals surface area contributed by atoms with Crippen molar-refractivity contribution in [1.82, 2.24) is 9.97 Å². The fourth-order valence-electron chi connectivity index (χ4n) is 1.34. The zero-order chi connectivity index (χ0) is 12.3. The van der Waals surface area contributed by atoms with Crippen LogP contribution < -0.4 is 0 Å². The van der Waals surface area contributed by atoms with Crippen LogP contribution in [0, 0.1) is 0 Å². The largest absolute Gasteiger partial charge is 0.294 e. The monoisotopic (exact) mass is 266 g/mol. The van der Waals surface area contributed by atoms with Crippen molar-refractivity contribution in [2.75, 3.05) is 0 Å². The molecule has 0 N–H and O–H groups in total. The van der Waals surface area contributed by atoms with Crippen LogP contribution in [0.1, 0.15) is 16.2 Å². The third-order valence-electron chi connectivity index (χ3n) is 2.18. The standard InChI is InChI=1S/C12H8Cl2N2O/c13-9-3-2-8(6-10(9)14)11(17)7-12-15-4-1-5-16-12/h1-6H,7H2. The number of aromatic nitrogens is 2. The Balaban J connectivity index is 2.18. The number of hydrogen-bond donors (Lipinski definition) is 0. The summed E-state index contributed by atoms with van der Waals surface area (Å²) in [6.07, 6.45) is 3.35. The molecule has 1 aromatic carbocycles. The zero-order valence-corrected chi connectivity index (χ0v) is 10.2. The second kappa shape index (κ2) is 5.25. The van der Waals surface area contributed by atoms with E-state index in [0.717, 1.165) is 0 Å². The van der Waals surface area contributed by atoms with Crippen LogP contribution in [-0.4, -0.2) is 15.8 Å². The predicted octanol–water partition coefficient (Wildman–Crippen LogP) is 3.21. The molecule has 0 saturated carbocycles. The van der Waals surface area contributed by atoms with E-state index in [4.69, 9.17) is 23.2 Å². The summed E-state index contributed by atoms with van der Waals surface area (Å²) in [7, 11) is 0. The van der Waals surface area contributed by atoms with Gasteiger partial charge in [-0.15, -0.1) is 0 Å². The molecule has 17 heavy (non-hydrogen) atoms. The van der Waals surface area contributed by atoms with Gasteiger partial charge in [0.15, 0.2) is 5.78 Å². The average molecular weight is 267 g/mol. The van der Waals surface area contributed by atoms with Crippen molar-refractivity contribution in [3.05, 3.63) is 58.1 Å². The molecule has 0 bridgehead atoms. The van der Waals surface area contributed by atoms with Crippen LogP contribution in [-0.2, 0) is 6.42 Å². The number of benzene rings is 1.